The molecule has 0 fully saturated rings. The van der Waals surface area contributed by atoms with Gasteiger partial charge in [-0.25, -0.2) is 0 Å². The van der Waals surface area contributed by atoms with Crippen LogP contribution in [0.2, 0.25) is 0 Å². The second-order valence-corrected chi connectivity index (χ2v) is 5.65. The fourth-order valence-electron chi connectivity index (χ4n) is 3.02. The molecule has 1 aromatic carbocycles. The number of likely N-dealkylation sites (N-methyl/N-ethyl adjacent to an activating group) is 1. The smallest absolute Gasteiger partial charge is 0.254 e. The zero-order valence-electron chi connectivity index (χ0n) is 13.1. The Balaban J connectivity index is 1.62. The van der Waals surface area contributed by atoms with Crippen LogP contribution in [0.4, 0.5) is 0 Å². The molecule has 4 rings (SSSR count). The lowest BCUT2D eigenvalue weighted by atomic mass is 10.1. The first kappa shape index (κ1) is 14.6. The molecular weight excluding hydrogens is 312 g/mol. The largest absolute Gasteiger partial charge is 0.454 e. The number of amides is 2. The van der Waals surface area contributed by atoms with Gasteiger partial charge in [0.15, 0.2) is 11.5 Å². The highest BCUT2D eigenvalue weighted by Gasteiger charge is 2.33. The SMILES string of the molecule is CNC(=O)C1CN(C(=O)c2ccc3c(c2)OCO3)Cc2ccnn21. The van der Waals surface area contributed by atoms with Crippen molar-refractivity contribution in [3.05, 3.63) is 41.7 Å². The molecule has 2 aliphatic rings. The van der Waals surface area contributed by atoms with E-state index in [1.54, 1.807) is 41.0 Å². The summed E-state index contributed by atoms with van der Waals surface area (Å²) in [5.74, 6) is 0.857. The number of hydrogen-bond acceptors (Lipinski definition) is 5. The molecular formula is C16H16N4O4. The molecule has 2 aliphatic heterocycles. The summed E-state index contributed by atoms with van der Waals surface area (Å²) >= 11 is 0. The average Bonchev–Trinajstić information content (AvgIpc) is 3.27. The van der Waals surface area contributed by atoms with Gasteiger partial charge in [0, 0.05) is 18.8 Å². The van der Waals surface area contributed by atoms with Crippen LogP contribution in [0.3, 0.4) is 0 Å². The van der Waals surface area contributed by atoms with Crippen LogP contribution in [-0.4, -0.2) is 46.9 Å². The Morgan fingerprint density at radius 3 is 2.92 bits per heavy atom. The molecule has 0 aliphatic carbocycles. The van der Waals surface area contributed by atoms with Crippen molar-refractivity contribution < 1.29 is 19.1 Å². The van der Waals surface area contributed by atoms with Gasteiger partial charge in [0.05, 0.1) is 18.8 Å². The number of nitrogens with zero attached hydrogens (tertiary/aromatic N) is 3. The van der Waals surface area contributed by atoms with Gasteiger partial charge in [-0.3, -0.25) is 14.3 Å². The first-order valence-electron chi connectivity index (χ1n) is 7.60. The first-order valence-corrected chi connectivity index (χ1v) is 7.60. The van der Waals surface area contributed by atoms with E-state index in [1.807, 2.05) is 6.07 Å². The highest BCUT2D eigenvalue weighted by atomic mass is 16.7. The Bertz CT molecular complexity index is 816. The molecule has 0 bridgehead atoms. The second kappa shape index (κ2) is 5.55. The summed E-state index contributed by atoms with van der Waals surface area (Å²) in [5, 5.41) is 6.83. The lowest BCUT2D eigenvalue weighted by Gasteiger charge is -2.33. The third-order valence-corrected chi connectivity index (χ3v) is 4.25. The standard InChI is InChI=1S/C16H16N4O4/c1-17-15(21)12-8-19(7-11-4-5-18-20(11)12)16(22)10-2-3-13-14(6-10)24-9-23-13/h2-6,12H,7-9H2,1H3,(H,17,21). The predicted octanol–water partition coefficient (Wildman–Crippen LogP) is 0.555. The molecule has 8 nitrogen and oxygen atoms in total. The van der Waals surface area contributed by atoms with Crippen molar-refractivity contribution in [1.82, 2.24) is 20.0 Å². The summed E-state index contributed by atoms with van der Waals surface area (Å²) < 4.78 is 12.3. The number of fused-ring (bicyclic) bond motifs is 2. The minimum atomic E-state index is -0.535. The fraction of sp³-hybridized carbons (Fsp3) is 0.312. The van der Waals surface area contributed by atoms with Crippen LogP contribution in [0.25, 0.3) is 0 Å². The van der Waals surface area contributed by atoms with Crippen LogP contribution in [-0.2, 0) is 11.3 Å². The number of ether oxygens (including phenoxy) is 2. The number of carbonyl (C=O) groups excluding carboxylic acids is 2. The summed E-state index contributed by atoms with van der Waals surface area (Å²) in [6.07, 6.45) is 1.64. The van der Waals surface area contributed by atoms with Crippen LogP contribution in [0.5, 0.6) is 11.5 Å². The molecule has 8 heteroatoms. The lowest BCUT2D eigenvalue weighted by Crippen LogP contribution is -2.46. The van der Waals surface area contributed by atoms with Crippen molar-refractivity contribution in [3.8, 4) is 11.5 Å². The van der Waals surface area contributed by atoms with E-state index in [-0.39, 0.29) is 25.2 Å². The summed E-state index contributed by atoms with van der Waals surface area (Å²) in [6, 6.07) is 6.38. The Kier molecular flexibility index (Phi) is 3.37. The van der Waals surface area contributed by atoms with Crippen LogP contribution in [0.1, 0.15) is 22.1 Å². The van der Waals surface area contributed by atoms with E-state index in [0.29, 0.717) is 23.6 Å². The lowest BCUT2D eigenvalue weighted by molar-refractivity contribution is -0.125. The Hall–Kier alpha value is -3.03. The van der Waals surface area contributed by atoms with Crippen molar-refractivity contribution in [1.29, 1.82) is 0 Å². The van der Waals surface area contributed by atoms with Gasteiger partial charge in [0.2, 0.25) is 12.7 Å². The maximum absolute atomic E-state index is 12.9. The zero-order chi connectivity index (χ0) is 16.7. The molecule has 0 saturated heterocycles. The molecule has 124 valence electrons. The highest BCUT2D eigenvalue weighted by Crippen LogP contribution is 2.33. The number of hydrogen-bond donors (Lipinski definition) is 1. The zero-order valence-corrected chi connectivity index (χ0v) is 13.1. The molecule has 0 radical (unpaired) electrons. The van der Waals surface area contributed by atoms with Gasteiger partial charge in [0.25, 0.3) is 5.91 Å². The summed E-state index contributed by atoms with van der Waals surface area (Å²) in [7, 11) is 1.57. The molecule has 1 atom stereocenters. The summed E-state index contributed by atoms with van der Waals surface area (Å²) in [5.41, 5.74) is 1.33. The fourth-order valence-corrected chi connectivity index (χ4v) is 3.02. The van der Waals surface area contributed by atoms with Gasteiger partial charge in [0.1, 0.15) is 6.04 Å². The van der Waals surface area contributed by atoms with Crippen molar-refractivity contribution >= 4 is 11.8 Å². The van der Waals surface area contributed by atoms with E-state index in [0.717, 1.165) is 5.69 Å². The monoisotopic (exact) mass is 328 g/mol. The maximum Gasteiger partial charge on any atom is 0.254 e. The quantitative estimate of drug-likeness (QED) is 0.870. The van der Waals surface area contributed by atoms with E-state index < -0.39 is 6.04 Å². The van der Waals surface area contributed by atoms with E-state index in [9.17, 15) is 9.59 Å². The maximum atomic E-state index is 12.9. The van der Waals surface area contributed by atoms with E-state index in [4.69, 9.17) is 9.47 Å². The van der Waals surface area contributed by atoms with Gasteiger partial charge < -0.3 is 19.7 Å². The summed E-state index contributed by atoms with van der Waals surface area (Å²) in [4.78, 5) is 26.6. The van der Waals surface area contributed by atoms with Crippen LogP contribution in [0, 0.1) is 0 Å². The molecule has 3 heterocycles. The highest BCUT2D eigenvalue weighted by molar-refractivity contribution is 5.95. The van der Waals surface area contributed by atoms with E-state index in [1.165, 1.54) is 0 Å². The molecule has 2 amide bonds. The van der Waals surface area contributed by atoms with Gasteiger partial charge in [-0.05, 0) is 24.3 Å². The normalized spacial score (nSPS) is 18.2. The van der Waals surface area contributed by atoms with Crippen LogP contribution >= 0.6 is 0 Å². The second-order valence-electron chi connectivity index (χ2n) is 5.65. The Morgan fingerprint density at radius 2 is 2.08 bits per heavy atom. The molecule has 2 aromatic rings. The Morgan fingerprint density at radius 1 is 1.25 bits per heavy atom. The number of benzene rings is 1. The van der Waals surface area contributed by atoms with Crippen molar-refractivity contribution in [2.24, 2.45) is 0 Å². The molecule has 1 N–H and O–H groups in total. The van der Waals surface area contributed by atoms with Gasteiger partial charge in [-0.2, -0.15) is 5.10 Å². The molecule has 0 saturated carbocycles. The topological polar surface area (TPSA) is 85.7 Å². The number of carbonyl (C=O) groups is 2. The van der Waals surface area contributed by atoms with E-state index >= 15 is 0 Å². The summed E-state index contributed by atoms with van der Waals surface area (Å²) in [6.45, 7) is 0.830. The number of nitrogens with one attached hydrogen (secondary N) is 1. The number of rotatable bonds is 2. The number of aromatic nitrogens is 2. The minimum absolute atomic E-state index is 0.158. The first-order chi connectivity index (χ1) is 11.7. The molecule has 0 spiro atoms. The third-order valence-electron chi connectivity index (χ3n) is 4.25. The van der Waals surface area contributed by atoms with Crippen LogP contribution in [0.15, 0.2) is 30.5 Å². The van der Waals surface area contributed by atoms with E-state index in [2.05, 4.69) is 10.4 Å². The third kappa shape index (κ3) is 2.27. The van der Waals surface area contributed by atoms with Crippen molar-refractivity contribution in [2.45, 2.75) is 12.6 Å². The molecule has 1 unspecified atom stereocenters. The predicted molar refractivity (Wildman–Crippen MR) is 82.6 cm³/mol. The Labute approximate surface area is 137 Å². The van der Waals surface area contributed by atoms with Crippen molar-refractivity contribution in [2.75, 3.05) is 20.4 Å². The van der Waals surface area contributed by atoms with Crippen LogP contribution < -0.4 is 14.8 Å². The average molecular weight is 328 g/mol. The van der Waals surface area contributed by atoms with Gasteiger partial charge >= 0.3 is 0 Å². The molecule has 24 heavy (non-hydrogen) atoms. The van der Waals surface area contributed by atoms with Gasteiger partial charge in [-0.1, -0.05) is 0 Å². The minimum Gasteiger partial charge on any atom is -0.454 e. The van der Waals surface area contributed by atoms with Gasteiger partial charge in [-0.15, -0.1) is 0 Å². The van der Waals surface area contributed by atoms with Crippen molar-refractivity contribution in [3.63, 3.8) is 0 Å². The molecule has 1 aromatic heterocycles.